The molecule has 0 fully saturated rings. The molecule has 160 valence electrons. The van der Waals surface area contributed by atoms with Gasteiger partial charge in [0.25, 0.3) is 11.5 Å². The summed E-state index contributed by atoms with van der Waals surface area (Å²) >= 11 is 1.23. The van der Waals surface area contributed by atoms with Gasteiger partial charge >= 0.3 is 0 Å². The predicted molar refractivity (Wildman–Crippen MR) is 117 cm³/mol. The van der Waals surface area contributed by atoms with Crippen LogP contribution in [0.25, 0.3) is 16.7 Å². The van der Waals surface area contributed by atoms with Crippen LogP contribution in [0.4, 0.5) is 0 Å². The van der Waals surface area contributed by atoms with E-state index in [0.29, 0.717) is 27.4 Å². The van der Waals surface area contributed by atoms with Crippen molar-refractivity contribution in [2.45, 2.75) is 51.4 Å². The largest absolute Gasteiger partial charge is 0.353 e. The van der Waals surface area contributed by atoms with Crippen LogP contribution in [0.5, 0.6) is 0 Å². The molecule has 10 heteroatoms. The lowest BCUT2D eigenvalue weighted by Gasteiger charge is -2.13. The number of carbonyl (C=O) groups is 2. The van der Waals surface area contributed by atoms with E-state index in [4.69, 9.17) is 0 Å². The summed E-state index contributed by atoms with van der Waals surface area (Å²) in [5, 5.41) is 15.0. The van der Waals surface area contributed by atoms with Gasteiger partial charge < -0.3 is 10.6 Å². The minimum atomic E-state index is -0.229. The summed E-state index contributed by atoms with van der Waals surface area (Å²) in [6.07, 6.45) is 0.814. The first-order valence-electron chi connectivity index (χ1n) is 9.83. The lowest BCUT2D eigenvalue weighted by molar-refractivity contribution is -0.119. The molecular formula is C20H26N6O3S. The fraction of sp³-hybridized carbons (Fsp3) is 0.450. The molecule has 30 heavy (non-hydrogen) atoms. The van der Waals surface area contributed by atoms with Crippen LogP contribution in [0.15, 0.2) is 28.2 Å². The van der Waals surface area contributed by atoms with Crippen LogP contribution in [0.3, 0.4) is 0 Å². The van der Waals surface area contributed by atoms with Gasteiger partial charge in [0.05, 0.1) is 16.7 Å². The molecule has 3 aromatic rings. The summed E-state index contributed by atoms with van der Waals surface area (Å²) in [5.41, 5.74) is 0.745. The molecule has 0 spiro atoms. The molecule has 0 bridgehead atoms. The maximum absolute atomic E-state index is 12.8. The van der Waals surface area contributed by atoms with E-state index in [2.05, 4.69) is 20.8 Å². The number of hydrogen-bond acceptors (Lipinski definition) is 6. The Balaban J connectivity index is 2.08. The quantitative estimate of drug-likeness (QED) is 0.553. The standard InChI is InChI=1S/C20H26N6O3S/c1-6-12(4)22-17(28)13-7-8-14-15(9-13)26-19(25(5)18(14)29)23-24-20(26)30-10-16(27)21-11(2)3/h7-9,11-12H,6,10H2,1-5H3,(H,21,27)(H,22,28). The van der Waals surface area contributed by atoms with Crippen molar-refractivity contribution >= 4 is 40.3 Å². The zero-order valence-corrected chi connectivity index (χ0v) is 18.5. The van der Waals surface area contributed by atoms with Gasteiger partial charge in [-0.3, -0.25) is 23.4 Å². The second-order valence-corrected chi connectivity index (χ2v) is 8.45. The van der Waals surface area contributed by atoms with Gasteiger partial charge in [-0.15, -0.1) is 10.2 Å². The molecule has 9 nitrogen and oxygen atoms in total. The number of nitrogens with one attached hydrogen (secondary N) is 2. The molecule has 0 aliphatic heterocycles. The summed E-state index contributed by atoms with van der Waals surface area (Å²) in [5.74, 6) is 0.184. The van der Waals surface area contributed by atoms with E-state index in [1.807, 2.05) is 27.7 Å². The number of amides is 2. The third kappa shape index (κ3) is 4.33. The predicted octanol–water partition coefficient (Wildman–Crippen LogP) is 1.73. The van der Waals surface area contributed by atoms with Crippen molar-refractivity contribution in [2.75, 3.05) is 5.75 Å². The van der Waals surface area contributed by atoms with Gasteiger partial charge in [0.1, 0.15) is 0 Å². The van der Waals surface area contributed by atoms with Crippen LogP contribution in [-0.4, -0.2) is 48.8 Å². The molecule has 1 atom stereocenters. The number of carbonyl (C=O) groups excluding carboxylic acids is 2. The third-order valence-electron chi connectivity index (χ3n) is 4.72. The van der Waals surface area contributed by atoms with Gasteiger partial charge in [-0.1, -0.05) is 18.7 Å². The molecule has 0 saturated carbocycles. The minimum absolute atomic E-state index is 0.0392. The van der Waals surface area contributed by atoms with Crippen molar-refractivity contribution in [1.82, 2.24) is 29.8 Å². The lowest BCUT2D eigenvalue weighted by atomic mass is 10.1. The van der Waals surface area contributed by atoms with Crippen LogP contribution in [0.1, 0.15) is 44.5 Å². The van der Waals surface area contributed by atoms with Crippen LogP contribution >= 0.6 is 11.8 Å². The van der Waals surface area contributed by atoms with Gasteiger partial charge in [0.2, 0.25) is 11.7 Å². The van der Waals surface area contributed by atoms with E-state index in [0.717, 1.165) is 6.42 Å². The normalized spacial score (nSPS) is 12.5. The van der Waals surface area contributed by atoms with Crippen LogP contribution in [-0.2, 0) is 11.8 Å². The Kier molecular flexibility index (Phi) is 6.45. The van der Waals surface area contributed by atoms with Crippen molar-refractivity contribution in [3.05, 3.63) is 34.1 Å². The Morgan fingerprint density at radius 3 is 2.57 bits per heavy atom. The first kappa shape index (κ1) is 21.8. The topological polar surface area (TPSA) is 110 Å². The molecular weight excluding hydrogens is 404 g/mol. The average Bonchev–Trinajstić information content (AvgIpc) is 3.13. The average molecular weight is 431 g/mol. The van der Waals surface area contributed by atoms with Gasteiger partial charge in [-0.05, 0) is 45.4 Å². The zero-order chi connectivity index (χ0) is 22.0. The summed E-state index contributed by atoms with van der Waals surface area (Å²) in [7, 11) is 1.62. The first-order valence-corrected chi connectivity index (χ1v) is 10.8. The van der Waals surface area contributed by atoms with E-state index in [1.54, 1.807) is 29.6 Å². The van der Waals surface area contributed by atoms with E-state index >= 15 is 0 Å². The van der Waals surface area contributed by atoms with E-state index in [-0.39, 0.29) is 35.2 Å². The second kappa shape index (κ2) is 8.86. The molecule has 2 heterocycles. The van der Waals surface area contributed by atoms with Crippen LogP contribution in [0.2, 0.25) is 0 Å². The molecule has 1 unspecified atom stereocenters. The molecule has 1 aromatic carbocycles. The number of thioether (sulfide) groups is 1. The maximum Gasteiger partial charge on any atom is 0.262 e. The van der Waals surface area contributed by atoms with E-state index in [1.165, 1.54) is 16.3 Å². The smallest absolute Gasteiger partial charge is 0.262 e. The molecule has 3 rings (SSSR count). The highest BCUT2D eigenvalue weighted by Gasteiger charge is 2.18. The maximum atomic E-state index is 12.8. The highest BCUT2D eigenvalue weighted by molar-refractivity contribution is 7.99. The van der Waals surface area contributed by atoms with Gasteiger partial charge in [0.15, 0.2) is 5.16 Å². The monoisotopic (exact) mass is 430 g/mol. The number of benzene rings is 1. The van der Waals surface area contributed by atoms with Crippen molar-refractivity contribution in [3.63, 3.8) is 0 Å². The summed E-state index contributed by atoms with van der Waals surface area (Å²) in [6, 6.07) is 5.03. The molecule has 0 radical (unpaired) electrons. The van der Waals surface area contributed by atoms with Crippen molar-refractivity contribution in [3.8, 4) is 0 Å². The Morgan fingerprint density at radius 1 is 1.17 bits per heavy atom. The van der Waals surface area contributed by atoms with E-state index in [9.17, 15) is 14.4 Å². The van der Waals surface area contributed by atoms with Gasteiger partial charge in [-0.25, -0.2) is 0 Å². The summed E-state index contributed by atoms with van der Waals surface area (Å²) < 4.78 is 3.12. The number of nitrogens with zero attached hydrogens (tertiary/aromatic N) is 4. The summed E-state index contributed by atoms with van der Waals surface area (Å²) in [6.45, 7) is 7.72. The highest BCUT2D eigenvalue weighted by atomic mass is 32.2. The SMILES string of the molecule is CCC(C)NC(=O)c1ccc2c(=O)n(C)c3nnc(SCC(=O)NC(C)C)n3c2c1. The Bertz CT molecular complexity index is 1170. The number of fused-ring (bicyclic) bond motifs is 3. The van der Waals surface area contributed by atoms with Crippen molar-refractivity contribution in [2.24, 2.45) is 7.05 Å². The lowest BCUT2D eigenvalue weighted by Crippen LogP contribution is -2.32. The van der Waals surface area contributed by atoms with Crippen molar-refractivity contribution in [1.29, 1.82) is 0 Å². The number of hydrogen-bond donors (Lipinski definition) is 2. The fourth-order valence-corrected chi connectivity index (χ4v) is 3.75. The van der Waals surface area contributed by atoms with Crippen LogP contribution in [0, 0.1) is 0 Å². The number of aryl methyl sites for hydroxylation is 1. The molecule has 0 saturated heterocycles. The molecule has 0 aliphatic carbocycles. The van der Waals surface area contributed by atoms with Crippen LogP contribution < -0.4 is 16.2 Å². The number of aromatic nitrogens is 4. The third-order valence-corrected chi connectivity index (χ3v) is 5.65. The Labute approximate surface area is 178 Å². The van der Waals surface area contributed by atoms with Crippen molar-refractivity contribution < 1.29 is 9.59 Å². The van der Waals surface area contributed by atoms with E-state index < -0.39 is 0 Å². The molecule has 2 aromatic heterocycles. The minimum Gasteiger partial charge on any atom is -0.353 e. The Hall–Kier alpha value is -2.88. The first-order chi connectivity index (χ1) is 14.2. The molecule has 0 aliphatic rings. The zero-order valence-electron chi connectivity index (χ0n) is 17.7. The highest BCUT2D eigenvalue weighted by Crippen LogP contribution is 2.22. The summed E-state index contributed by atoms with van der Waals surface area (Å²) in [4.78, 5) is 37.4. The van der Waals surface area contributed by atoms with Gasteiger partial charge in [-0.2, -0.15) is 0 Å². The molecule has 2 N–H and O–H groups in total. The molecule has 2 amide bonds. The number of rotatable bonds is 7. The second-order valence-electron chi connectivity index (χ2n) is 7.51. The Morgan fingerprint density at radius 2 is 1.90 bits per heavy atom. The van der Waals surface area contributed by atoms with Gasteiger partial charge in [0, 0.05) is 24.7 Å². The fourth-order valence-electron chi connectivity index (χ4n) is 3.00.